The number of benzene rings is 1. The van der Waals surface area contributed by atoms with Crippen molar-refractivity contribution >= 4 is 5.91 Å². The highest BCUT2D eigenvalue weighted by Crippen LogP contribution is 2.39. The topological polar surface area (TPSA) is 62.5 Å². The highest BCUT2D eigenvalue weighted by atomic mass is 19.1. The molecule has 3 rings (SSSR count). The number of amides is 1. The monoisotopic (exact) mass is 307 g/mol. The minimum Gasteiger partial charge on any atom is -0.459 e. The molecule has 1 fully saturated rings. The zero-order valence-electron chi connectivity index (χ0n) is 11.6. The van der Waals surface area contributed by atoms with Crippen LogP contribution in [0.1, 0.15) is 35.0 Å². The second-order valence-electron chi connectivity index (χ2n) is 5.48. The first-order valence-corrected chi connectivity index (χ1v) is 7.02. The molecule has 1 aromatic carbocycles. The molecule has 6 heteroatoms. The maximum atomic E-state index is 14.0. The predicted octanol–water partition coefficient (Wildman–Crippen LogP) is 2.80. The van der Waals surface area contributed by atoms with Crippen LogP contribution in [-0.4, -0.2) is 17.1 Å². The maximum absolute atomic E-state index is 14.0. The largest absolute Gasteiger partial charge is 0.459 e. The summed E-state index contributed by atoms with van der Waals surface area (Å²) in [5.74, 6) is -1.85. The highest BCUT2D eigenvalue weighted by Gasteiger charge is 2.37. The lowest BCUT2D eigenvalue weighted by atomic mass is 9.75. The fourth-order valence-electron chi connectivity index (χ4n) is 2.73. The molecule has 1 aliphatic carbocycles. The standard InChI is InChI=1S/C16H15F2NO3/c17-10-3-4-12(13(18)8-10)15(9-6-11(20)7-9)19-16(21)14-2-1-5-22-14/h1-5,8-9,11,15,20H,6-7H2,(H,19,21)/t9?,11?,15-/m0/s1. The minimum atomic E-state index is -0.717. The number of rotatable bonds is 4. The predicted molar refractivity (Wildman–Crippen MR) is 74.0 cm³/mol. The van der Waals surface area contributed by atoms with Gasteiger partial charge >= 0.3 is 0 Å². The van der Waals surface area contributed by atoms with Gasteiger partial charge in [-0.1, -0.05) is 6.07 Å². The van der Waals surface area contributed by atoms with Crippen molar-refractivity contribution in [3.8, 4) is 0 Å². The SMILES string of the molecule is O=C(N[C@H](c1ccc(F)cc1F)C1CC(O)C1)c1ccco1. The highest BCUT2D eigenvalue weighted by molar-refractivity contribution is 5.91. The second-order valence-corrected chi connectivity index (χ2v) is 5.48. The average molecular weight is 307 g/mol. The summed E-state index contributed by atoms with van der Waals surface area (Å²) in [6.45, 7) is 0. The normalized spacial score (nSPS) is 22.0. The van der Waals surface area contributed by atoms with E-state index < -0.39 is 29.7 Å². The van der Waals surface area contributed by atoms with Gasteiger partial charge in [0.15, 0.2) is 5.76 Å². The number of halogens is 2. The molecule has 1 heterocycles. The van der Waals surface area contributed by atoms with Crippen LogP contribution < -0.4 is 5.32 Å². The van der Waals surface area contributed by atoms with Crippen molar-refractivity contribution in [2.75, 3.05) is 0 Å². The van der Waals surface area contributed by atoms with Crippen LogP contribution in [0.2, 0.25) is 0 Å². The van der Waals surface area contributed by atoms with E-state index in [4.69, 9.17) is 4.42 Å². The first kappa shape index (κ1) is 14.7. The summed E-state index contributed by atoms with van der Waals surface area (Å²) in [5.41, 5.74) is 0.207. The molecular weight excluding hydrogens is 292 g/mol. The Morgan fingerprint density at radius 2 is 2.09 bits per heavy atom. The molecule has 4 nitrogen and oxygen atoms in total. The van der Waals surface area contributed by atoms with Gasteiger partial charge in [-0.25, -0.2) is 8.78 Å². The number of hydrogen-bond acceptors (Lipinski definition) is 3. The Kier molecular flexibility index (Phi) is 3.94. The third-order valence-electron chi connectivity index (χ3n) is 3.95. The van der Waals surface area contributed by atoms with Crippen LogP contribution in [0.4, 0.5) is 8.78 Å². The van der Waals surface area contributed by atoms with Crippen molar-refractivity contribution < 1.29 is 23.1 Å². The van der Waals surface area contributed by atoms with E-state index in [-0.39, 0.29) is 17.2 Å². The number of hydrogen-bond donors (Lipinski definition) is 2. The van der Waals surface area contributed by atoms with Crippen LogP contribution in [0.15, 0.2) is 41.0 Å². The summed E-state index contributed by atoms with van der Waals surface area (Å²) >= 11 is 0. The van der Waals surface area contributed by atoms with Crippen LogP contribution in [-0.2, 0) is 0 Å². The van der Waals surface area contributed by atoms with Crippen molar-refractivity contribution in [1.29, 1.82) is 0 Å². The maximum Gasteiger partial charge on any atom is 0.287 e. The molecule has 116 valence electrons. The van der Waals surface area contributed by atoms with Crippen LogP contribution in [0.3, 0.4) is 0 Å². The molecule has 0 bridgehead atoms. The number of carbonyl (C=O) groups excluding carboxylic acids is 1. The van der Waals surface area contributed by atoms with Crippen LogP contribution in [0.25, 0.3) is 0 Å². The van der Waals surface area contributed by atoms with E-state index in [1.165, 1.54) is 18.4 Å². The van der Waals surface area contributed by atoms with Crippen molar-refractivity contribution in [2.24, 2.45) is 5.92 Å². The molecule has 0 unspecified atom stereocenters. The lowest BCUT2D eigenvalue weighted by Crippen LogP contribution is -2.41. The Bertz CT molecular complexity index is 666. The fourth-order valence-corrected chi connectivity index (χ4v) is 2.73. The fraction of sp³-hybridized carbons (Fsp3) is 0.312. The van der Waals surface area contributed by atoms with Crippen LogP contribution >= 0.6 is 0 Å². The summed E-state index contributed by atoms with van der Waals surface area (Å²) in [7, 11) is 0. The van der Waals surface area contributed by atoms with Gasteiger partial charge in [-0.2, -0.15) is 0 Å². The van der Waals surface area contributed by atoms with Crippen LogP contribution in [0.5, 0.6) is 0 Å². The zero-order valence-corrected chi connectivity index (χ0v) is 11.6. The summed E-state index contributed by atoms with van der Waals surface area (Å²) in [6, 6.07) is 5.71. The molecular formula is C16H15F2NO3. The molecule has 1 saturated carbocycles. The van der Waals surface area contributed by atoms with Gasteiger partial charge in [0.05, 0.1) is 18.4 Å². The van der Waals surface area contributed by atoms with Crippen molar-refractivity contribution in [3.63, 3.8) is 0 Å². The van der Waals surface area contributed by atoms with Gasteiger partial charge in [0, 0.05) is 11.6 Å². The molecule has 1 amide bonds. The molecule has 22 heavy (non-hydrogen) atoms. The van der Waals surface area contributed by atoms with Gasteiger partial charge in [-0.05, 0) is 37.0 Å². The Balaban J connectivity index is 1.85. The van der Waals surface area contributed by atoms with E-state index >= 15 is 0 Å². The summed E-state index contributed by atoms with van der Waals surface area (Å²) in [4.78, 5) is 12.1. The van der Waals surface area contributed by atoms with Crippen molar-refractivity contribution in [1.82, 2.24) is 5.32 Å². The van der Waals surface area contributed by atoms with E-state index in [0.29, 0.717) is 12.8 Å². The molecule has 0 aliphatic heterocycles. The Morgan fingerprint density at radius 3 is 2.68 bits per heavy atom. The molecule has 1 aliphatic rings. The Morgan fingerprint density at radius 1 is 1.32 bits per heavy atom. The Labute approximate surface area is 125 Å². The molecule has 0 radical (unpaired) electrons. The smallest absolute Gasteiger partial charge is 0.287 e. The third-order valence-corrected chi connectivity index (χ3v) is 3.95. The second kappa shape index (κ2) is 5.88. The van der Waals surface area contributed by atoms with Gasteiger partial charge < -0.3 is 14.8 Å². The number of nitrogens with one attached hydrogen (secondary N) is 1. The quantitative estimate of drug-likeness (QED) is 0.913. The molecule has 2 aromatic rings. The van der Waals surface area contributed by atoms with Gasteiger partial charge in [0.1, 0.15) is 11.6 Å². The van der Waals surface area contributed by atoms with Gasteiger partial charge in [0.2, 0.25) is 0 Å². The first-order chi connectivity index (χ1) is 10.5. The summed E-state index contributed by atoms with van der Waals surface area (Å²) < 4.78 is 32.1. The molecule has 0 saturated heterocycles. The van der Waals surface area contributed by atoms with E-state index in [1.807, 2.05) is 0 Å². The summed E-state index contributed by atoms with van der Waals surface area (Å²) in [6.07, 6.45) is 1.84. The number of aliphatic hydroxyl groups is 1. The molecule has 0 spiro atoms. The lowest BCUT2D eigenvalue weighted by molar-refractivity contribution is 0.0226. The first-order valence-electron chi connectivity index (χ1n) is 7.02. The number of furan rings is 1. The van der Waals surface area contributed by atoms with Gasteiger partial charge in [-0.3, -0.25) is 4.79 Å². The number of aliphatic hydroxyl groups excluding tert-OH is 1. The van der Waals surface area contributed by atoms with Gasteiger partial charge in [-0.15, -0.1) is 0 Å². The Hall–Kier alpha value is -2.21. The van der Waals surface area contributed by atoms with Gasteiger partial charge in [0.25, 0.3) is 5.91 Å². The zero-order chi connectivity index (χ0) is 15.7. The molecule has 1 atom stereocenters. The number of carbonyl (C=O) groups is 1. The molecule has 2 N–H and O–H groups in total. The average Bonchev–Trinajstić information content (AvgIpc) is 2.96. The lowest BCUT2D eigenvalue weighted by Gasteiger charge is -2.38. The van der Waals surface area contributed by atoms with E-state index in [1.54, 1.807) is 6.07 Å². The van der Waals surface area contributed by atoms with E-state index in [0.717, 1.165) is 12.1 Å². The third kappa shape index (κ3) is 2.87. The molecule has 1 aromatic heterocycles. The summed E-state index contributed by atoms with van der Waals surface area (Å²) in [5, 5.41) is 12.2. The van der Waals surface area contributed by atoms with E-state index in [9.17, 15) is 18.7 Å². The minimum absolute atomic E-state index is 0.103. The van der Waals surface area contributed by atoms with Crippen molar-refractivity contribution in [3.05, 3.63) is 59.6 Å². The van der Waals surface area contributed by atoms with Crippen LogP contribution in [0, 0.1) is 17.6 Å². The van der Waals surface area contributed by atoms with Crippen molar-refractivity contribution in [2.45, 2.75) is 25.0 Å². The van der Waals surface area contributed by atoms with E-state index in [2.05, 4.69) is 5.32 Å².